The Labute approximate surface area is 141 Å². The molecule has 2 aliphatic rings. The van der Waals surface area contributed by atoms with Gasteiger partial charge in [-0.2, -0.15) is 0 Å². The maximum Gasteiger partial charge on any atom is 0.253 e. The monoisotopic (exact) mass is 327 g/mol. The highest BCUT2D eigenvalue weighted by Gasteiger charge is 2.45. The van der Waals surface area contributed by atoms with Gasteiger partial charge in [0.25, 0.3) is 5.91 Å². The van der Waals surface area contributed by atoms with Gasteiger partial charge in [-0.1, -0.05) is 0 Å². The number of aromatic amines is 1. The largest absolute Gasteiger partial charge is 0.497 e. The third-order valence-electron chi connectivity index (χ3n) is 5.40. The lowest BCUT2D eigenvalue weighted by molar-refractivity contribution is -0.743. The lowest BCUT2D eigenvalue weighted by Gasteiger charge is -2.41. The summed E-state index contributed by atoms with van der Waals surface area (Å²) in [7, 11) is 1.63. The van der Waals surface area contributed by atoms with E-state index in [9.17, 15) is 4.79 Å². The van der Waals surface area contributed by atoms with Crippen molar-refractivity contribution in [1.29, 1.82) is 0 Å². The smallest absolute Gasteiger partial charge is 0.253 e. The number of carbonyl (C=O) groups excluding carboxylic acids is 1. The van der Waals surface area contributed by atoms with Crippen molar-refractivity contribution in [2.45, 2.75) is 24.8 Å². The van der Waals surface area contributed by atoms with E-state index < -0.39 is 0 Å². The molecule has 0 radical (unpaired) electrons. The summed E-state index contributed by atoms with van der Waals surface area (Å²) in [6.45, 7) is 2.63. The summed E-state index contributed by atoms with van der Waals surface area (Å²) in [5.74, 6) is 0.873. The first-order chi connectivity index (χ1) is 11.7. The Hall–Kier alpha value is -2.34. The van der Waals surface area contributed by atoms with E-state index in [1.807, 2.05) is 29.2 Å². The normalized spacial score (nSPS) is 19.1. The van der Waals surface area contributed by atoms with Gasteiger partial charge >= 0.3 is 0 Å². The third kappa shape index (κ3) is 2.47. The molecule has 0 bridgehead atoms. The Morgan fingerprint density at radius 1 is 1.29 bits per heavy atom. The van der Waals surface area contributed by atoms with Crippen LogP contribution < -0.4 is 10.1 Å². The zero-order valence-corrected chi connectivity index (χ0v) is 13.9. The number of imidazole rings is 1. The van der Waals surface area contributed by atoms with Crippen LogP contribution in [0.3, 0.4) is 0 Å². The predicted octanol–water partition coefficient (Wildman–Crippen LogP) is 0.669. The summed E-state index contributed by atoms with van der Waals surface area (Å²) in [5.41, 5.74) is 3.24. The molecule has 6 heteroatoms. The number of fused-ring (bicyclic) bond motifs is 2. The van der Waals surface area contributed by atoms with Crippen LogP contribution in [0.2, 0.25) is 0 Å². The molecule has 0 unspecified atom stereocenters. The molecule has 0 aliphatic carbocycles. The molecule has 1 fully saturated rings. The summed E-state index contributed by atoms with van der Waals surface area (Å²) in [6, 6.07) is 7.35. The van der Waals surface area contributed by atoms with Crippen LogP contribution in [0.1, 0.15) is 34.6 Å². The highest BCUT2D eigenvalue weighted by Crippen LogP contribution is 2.32. The van der Waals surface area contributed by atoms with Gasteiger partial charge in [0.1, 0.15) is 17.0 Å². The molecular formula is C18H23N4O2+. The van der Waals surface area contributed by atoms with Gasteiger partial charge in [0.15, 0.2) is 0 Å². The van der Waals surface area contributed by atoms with Crippen molar-refractivity contribution in [3.63, 3.8) is 0 Å². The zero-order valence-electron chi connectivity index (χ0n) is 13.9. The number of rotatable bonds is 2. The fourth-order valence-corrected chi connectivity index (χ4v) is 4.00. The van der Waals surface area contributed by atoms with Crippen molar-refractivity contribution in [1.82, 2.24) is 14.9 Å². The van der Waals surface area contributed by atoms with Crippen LogP contribution in [0.5, 0.6) is 5.75 Å². The molecule has 0 saturated carbocycles. The number of benzene rings is 1. The van der Waals surface area contributed by atoms with Crippen molar-refractivity contribution in [3.8, 4) is 5.75 Å². The molecule has 1 amide bonds. The quantitative estimate of drug-likeness (QED) is 0.851. The van der Waals surface area contributed by atoms with Crippen LogP contribution in [-0.4, -0.2) is 47.5 Å². The van der Waals surface area contributed by atoms with E-state index in [4.69, 9.17) is 4.74 Å². The molecular weight excluding hydrogens is 304 g/mol. The van der Waals surface area contributed by atoms with E-state index in [1.54, 1.807) is 13.4 Å². The van der Waals surface area contributed by atoms with Crippen molar-refractivity contribution in [2.75, 3.05) is 26.7 Å². The Morgan fingerprint density at radius 3 is 2.75 bits per heavy atom. The molecule has 2 aliphatic heterocycles. The Kier molecular flexibility index (Phi) is 3.76. The fraction of sp³-hybridized carbons (Fsp3) is 0.444. The molecule has 1 aromatic carbocycles. The van der Waals surface area contributed by atoms with Crippen molar-refractivity contribution < 1.29 is 14.8 Å². The van der Waals surface area contributed by atoms with E-state index >= 15 is 0 Å². The molecule has 1 saturated heterocycles. The van der Waals surface area contributed by atoms with Crippen LogP contribution in [0, 0.1) is 0 Å². The number of nitrogens with zero attached hydrogens (tertiary/aromatic N) is 2. The fourth-order valence-electron chi connectivity index (χ4n) is 4.00. The summed E-state index contributed by atoms with van der Waals surface area (Å²) < 4.78 is 5.16. The SMILES string of the molecule is COc1ccc(C(=O)N2CCC3(CC2)[NH2+]CCc2[nH]cnc23)cc1. The number of likely N-dealkylation sites (tertiary alicyclic amines) is 1. The lowest BCUT2D eigenvalue weighted by Crippen LogP contribution is -2.97. The minimum Gasteiger partial charge on any atom is -0.497 e. The number of piperidine rings is 1. The summed E-state index contributed by atoms with van der Waals surface area (Å²) in [5, 5.41) is 2.42. The van der Waals surface area contributed by atoms with Crippen LogP contribution in [0.15, 0.2) is 30.6 Å². The van der Waals surface area contributed by atoms with E-state index in [0.29, 0.717) is 0 Å². The molecule has 0 atom stereocenters. The van der Waals surface area contributed by atoms with Crippen LogP contribution in [0.25, 0.3) is 0 Å². The number of quaternary nitrogens is 1. The van der Waals surface area contributed by atoms with E-state index in [1.165, 1.54) is 11.4 Å². The predicted molar refractivity (Wildman–Crippen MR) is 88.9 cm³/mol. The van der Waals surface area contributed by atoms with Crippen molar-refractivity contribution >= 4 is 5.91 Å². The molecule has 2 aromatic rings. The van der Waals surface area contributed by atoms with Gasteiger partial charge < -0.3 is 19.9 Å². The number of nitrogens with two attached hydrogens (primary N) is 1. The molecule has 24 heavy (non-hydrogen) atoms. The first kappa shape index (κ1) is 15.2. The summed E-state index contributed by atoms with van der Waals surface area (Å²) >= 11 is 0. The molecule has 3 heterocycles. The van der Waals surface area contributed by atoms with Gasteiger partial charge in [0.2, 0.25) is 0 Å². The number of methoxy groups -OCH3 is 1. The third-order valence-corrected chi connectivity index (χ3v) is 5.40. The number of hydrogen-bond donors (Lipinski definition) is 2. The maximum absolute atomic E-state index is 12.7. The van der Waals surface area contributed by atoms with Crippen LogP contribution >= 0.6 is 0 Å². The van der Waals surface area contributed by atoms with Gasteiger partial charge in [-0.25, -0.2) is 4.98 Å². The van der Waals surface area contributed by atoms with Gasteiger partial charge in [-0.15, -0.1) is 0 Å². The topological polar surface area (TPSA) is 74.8 Å². The average Bonchev–Trinajstić information content (AvgIpc) is 3.12. The Morgan fingerprint density at radius 2 is 2.04 bits per heavy atom. The second kappa shape index (κ2) is 5.94. The first-order valence-corrected chi connectivity index (χ1v) is 8.52. The number of carbonyl (C=O) groups is 1. The number of amides is 1. The molecule has 1 aromatic heterocycles. The lowest BCUT2D eigenvalue weighted by atomic mass is 9.80. The standard InChI is InChI=1S/C18H22N4O2/c1-24-14-4-2-13(3-5-14)17(23)22-10-7-18(8-11-22)16-15(6-9-21-18)19-12-20-16/h2-5,12,21H,6-11H2,1H3,(H,19,20)/p+1. The first-order valence-electron chi connectivity index (χ1n) is 8.52. The van der Waals surface area contributed by atoms with Crippen molar-refractivity contribution in [2.24, 2.45) is 0 Å². The second-order valence-corrected chi connectivity index (χ2v) is 6.65. The minimum atomic E-state index is 0.0459. The van der Waals surface area contributed by atoms with E-state index in [-0.39, 0.29) is 11.4 Å². The van der Waals surface area contributed by atoms with Gasteiger partial charge in [-0.3, -0.25) is 4.79 Å². The molecule has 1 spiro atoms. The summed E-state index contributed by atoms with van der Waals surface area (Å²) in [6.07, 6.45) is 4.76. The summed E-state index contributed by atoms with van der Waals surface area (Å²) in [4.78, 5) is 22.5. The molecule has 6 nitrogen and oxygen atoms in total. The Bertz CT molecular complexity index is 730. The Balaban J connectivity index is 1.47. The second-order valence-electron chi connectivity index (χ2n) is 6.65. The van der Waals surface area contributed by atoms with Crippen molar-refractivity contribution in [3.05, 3.63) is 47.5 Å². The number of aromatic nitrogens is 2. The molecule has 126 valence electrons. The number of H-pyrrole nitrogens is 1. The van der Waals surface area contributed by atoms with Gasteiger partial charge in [0.05, 0.1) is 20.0 Å². The minimum absolute atomic E-state index is 0.0459. The number of ether oxygens (including phenoxy) is 1. The zero-order chi connectivity index (χ0) is 16.6. The van der Waals surface area contributed by atoms with E-state index in [2.05, 4.69) is 15.3 Å². The van der Waals surface area contributed by atoms with Crippen LogP contribution in [0.4, 0.5) is 0 Å². The van der Waals surface area contributed by atoms with Gasteiger partial charge in [-0.05, 0) is 24.3 Å². The van der Waals surface area contributed by atoms with E-state index in [0.717, 1.165) is 50.2 Å². The highest BCUT2D eigenvalue weighted by atomic mass is 16.5. The number of hydrogen-bond acceptors (Lipinski definition) is 3. The molecule has 3 N–H and O–H groups in total. The van der Waals surface area contributed by atoms with Crippen LogP contribution in [-0.2, 0) is 12.0 Å². The average molecular weight is 327 g/mol. The highest BCUT2D eigenvalue weighted by molar-refractivity contribution is 5.94. The maximum atomic E-state index is 12.7. The number of nitrogens with one attached hydrogen (secondary N) is 1. The van der Waals surface area contributed by atoms with Gasteiger partial charge in [0, 0.05) is 43.6 Å². The molecule has 4 rings (SSSR count).